The maximum absolute atomic E-state index is 5.75. The van der Waals surface area contributed by atoms with Gasteiger partial charge in [0, 0.05) is 24.7 Å². The zero-order valence-corrected chi connectivity index (χ0v) is 11.7. The molecule has 2 aromatic heterocycles. The molecule has 0 aliphatic carbocycles. The fourth-order valence-electron chi connectivity index (χ4n) is 2.48. The maximum Gasteiger partial charge on any atom is 0.157 e. The number of nitrogens with zero attached hydrogens (tertiary/aromatic N) is 2. The van der Waals surface area contributed by atoms with Crippen LogP contribution in [0.4, 0.5) is 0 Å². The third kappa shape index (κ3) is 2.94. The van der Waals surface area contributed by atoms with Crippen LogP contribution in [0.15, 0.2) is 24.5 Å². The molecule has 1 fully saturated rings. The van der Waals surface area contributed by atoms with Gasteiger partial charge in [-0.3, -0.25) is 0 Å². The van der Waals surface area contributed by atoms with Gasteiger partial charge in [-0.15, -0.1) is 0 Å². The molecule has 0 N–H and O–H groups in total. The molecule has 1 aliphatic rings. The third-order valence-electron chi connectivity index (χ3n) is 3.59. The van der Waals surface area contributed by atoms with Crippen molar-refractivity contribution >= 4 is 11.0 Å². The third-order valence-corrected chi connectivity index (χ3v) is 3.59. The molecule has 0 saturated carbocycles. The molecular formula is C15H20N2O3. The molecule has 5 nitrogen and oxygen atoms in total. The van der Waals surface area contributed by atoms with Gasteiger partial charge < -0.3 is 18.8 Å². The molecule has 20 heavy (non-hydrogen) atoms. The largest absolute Gasteiger partial charge is 0.495 e. The van der Waals surface area contributed by atoms with Crippen LogP contribution in [-0.4, -0.2) is 36.2 Å². The van der Waals surface area contributed by atoms with Crippen molar-refractivity contribution in [3.8, 4) is 5.75 Å². The summed E-state index contributed by atoms with van der Waals surface area (Å²) in [5, 5.41) is 1.08. The molecule has 0 radical (unpaired) electrons. The van der Waals surface area contributed by atoms with Crippen molar-refractivity contribution in [2.24, 2.45) is 0 Å². The van der Waals surface area contributed by atoms with Crippen molar-refractivity contribution < 1.29 is 14.2 Å². The Morgan fingerprint density at radius 2 is 2.40 bits per heavy atom. The molecule has 108 valence electrons. The smallest absolute Gasteiger partial charge is 0.157 e. The summed E-state index contributed by atoms with van der Waals surface area (Å²) in [4.78, 5) is 4.43. The van der Waals surface area contributed by atoms with E-state index in [1.165, 1.54) is 6.42 Å². The second kappa shape index (κ2) is 6.24. The minimum Gasteiger partial charge on any atom is -0.495 e. The quantitative estimate of drug-likeness (QED) is 0.842. The van der Waals surface area contributed by atoms with Gasteiger partial charge in [0.15, 0.2) is 6.29 Å². The zero-order chi connectivity index (χ0) is 13.8. The Kier molecular flexibility index (Phi) is 4.18. The fourth-order valence-corrected chi connectivity index (χ4v) is 2.48. The van der Waals surface area contributed by atoms with Crippen LogP contribution in [-0.2, 0) is 16.0 Å². The topological polar surface area (TPSA) is 45.5 Å². The standard InChI is InChI=1S/C15H20N2O3/c1-18-13-10-12-5-6-17(15(12)16-11-13)7-9-20-14-4-2-3-8-19-14/h5-6,10-11,14H,2-4,7-9H2,1H3. The second-order valence-electron chi connectivity index (χ2n) is 4.96. The Balaban J connectivity index is 1.59. The highest BCUT2D eigenvalue weighted by Gasteiger charge is 2.13. The van der Waals surface area contributed by atoms with Crippen LogP contribution >= 0.6 is 0 Å². The predicted octanol–water partition coefficient (Wildman–Crippen LogP) is 2.59. The summed E-state index contributed by atoms with van der Waals surface area (Å²) in [5.74, 6) is 0.780. The SMILES string of the molecule is COc1cnc2c(ccn2CCOC2CCCCO2)c1. The lowest BCUT2D eigenvalue weighted by Gasteiger charge is -2.22. The van der Waals surface area contributed by atoms with Crippen molar-refractivity contribution in [2.45, 2.75) is 32.1 Å². The van der Waals surface area contributed by atoms with Gasteiger partial charge in [0.1, 0.15) is 11.4 Å². The number of ether oxygens (including phenoxy) is 3. The highest BCUT2D eigenvalue weighted by atomic mass is 16.7. The van der Waals surface area contributed by atoms with Crippen molar-refractivity contribution in [1.29, 1.82) is 0 Å². The maximum atomic E-state index is 5.75. The monoisotopic (exact) mass is 276 g/mol. The van der Waals surface area contributed by atoms with E-state index in [4.69, 9.17) is 14.2 Å². The van der Waals surface area contributed by atoms with Crippen LogP contribution in [0.2, 0.25) is 0 Å². The number of fused-ring (bicyclic) bond motifs is 1. The van der Waals surface area contributed by atoms with Gasteiger partial charge in [-0.25, -0.2) is 4.98 Å². The number of hydrogen-bond donors (Lipinski definition) is 0. The first kappa shape index (κ1) is 13.4. The van der Waals surface area contributed by atoms with E-state index in [0.717, 1.165) is 42.8 Å². The van der Waals surface area contributed by atoms with E-state index in [1.54, 1.807) is 13.3 Å². The lowest BCUT2D eigenvalue weighted by molar-refractivity contribution is -0.163. The highest BCUT2D eigenvalue weighted by molar-refractivity contribution is 5.77. The number of aromatic nitrogens is 2. The first-order chi connectivity index (χ1) is 9.86. The Morgan fingerprint density at radius 3 is 3.20 bits per heavy atom. The van der Waals surface area contributed by atoms with Gasteiger partial charge in [0.2, 0.25) is 0 Å². The van der Waals surface area contributed by atoms with E-state index in [-0.39, 0.29) is 6.29 Å². The molecule has 0 aromatic carbocycles. The molecule has 0 bridgehead atoms. The van der Waals surface area contributed by atoms with Gasteiger partial charge in [-0.2, -0.15) is 0 Å². The molecule has 1 saturated heterocycles. The molecule has 1 atom stereocenters. The summed E-state index contributed by atoms with van der Waals surface area (Å²) >= 11 is 0. The Bertz CT molecular complexity index is 561. The molecule has 3 rings (SSSR count). The van der Waals surface area contributed by atoms with Crippen LogP contribution in [0.3, 0.4) is 0 Å². The lowest BCUT2D eigenvalue weighted by Crippen LogP contribution is -2.23. The van der Waals surface area contributed by atoms with E-state index < -0.39 is 0 Å². The Labute approximate surface area is 118 Å². The zero-order valence-electron chi connectivity index (χ0n) is 11.7. The summed E-state index contributed by atoms with van der Waals surface area (Å²) < 4.78 is 18.6. The first-order valence-electron chi connectivity index (χ1n) is 7.09. The summed E-state index contributed by atoms with van der Waals surface area (Å²) in [6.45, 7) is 2.24. The summed E-state index contributed by atoms with van der Waals surface area (Å²) in [6.07, 6.45) is 7.08. The molecule has 0 spiro atoms. The summed E-state index contributed by atoms with van der Waals surface area (Å²) in [5.41, 5.74) is 0.957. The van der Waals surface area contributed by atoms with Crippen LogP contribution in [0.25, 0.3) is 11.0 Å². The molecule has 2 aromatic rings. The number of hydrogen-bond acceptors (Lipinski definition) is 4. The molecule has 5 heteroatoms. The van der Waals surface area contributed by atoms with Gasteiger partial charge in [0.25, 0.3) is 0 Å². The van der Waals surface area contributed by atoms with E-state index in [1.807, 2.05) is 18.3 Å². The number of rotatable bonds is 5. The molecular weight excluding hydrogens is 256 g/mol. The Morgan fingerprint density at radius 1 is 1.45 bits per heavy atom. The Hall–Kier alpha value is -1.59. The van der Waals surface area contributed by atoms with E-state index in [2.05, 4.69) is 9.55 Å². The van der Waals surface area contributed by atoms with Crippen molar-refractivity contribution in [3.63, 3.8) is 0 Å². The highest BCUT2D eigenvalue weighted by Crippen LogP contribution is 2.19. The van der Waals surface area contributed by atoms with E-state index in [0.29, 0.717) is 6.61 Å². The number of pyridine rings is 1. The van der Waals surface area contributed by atoms with Crippen molar-refractivity contribution in [2.75, 3.05) is 20.3 Å². The molecule has 1 aliphatic heterocycles. The van der Waals surface area contributed by atoms with Crippen LogP contribution in [0.5, 0.6) is 5.75 Å². The molecule has 3 heterocycles. The van der Waals surface area contributed by atoms with Gasteiger partial charge >= 0.3 is 0 Å². The molecule has 1 unspecified atom stereocenters. The van der Waals surface area contributed by atoms with E-state index in [9.17, 15) is 0 Å². The average molecular weight is 276 g/mol. The summed E-state index contributed by atoms with van der Waals surface area (Å²) in [6, 6.07) is 4.03. The van der Waals surface area contributed by atoms with Gasteiger partial charge in [0.05, 0.1) is 19.9 Å². The minimum absolute atomic E-state index is 0.0290. The van der Waals surface area contributed by atoms with Crippen molar-refractivity contribution in [1.82, 2.24) is 9.55 Å². The van der Waals surface area contributed by atoms with Crippen molar-refractivity contribution in [3.05, 3.63) is 24.5 Å². The average Bonchev–Trinajstić information content (AvgIpc) is 2.91. The minimum atomic E-state index is -0.0290. The van der Waals surface area contributed by atoms with E-state index >= 15 is 0 Å². The summed E-state index contributed by atoms with van der Waals surface area (Å²) in [7, 11) is 1.65. The van der Waals surface area contributed by atoms with Crippen LogP contribution in [0, 0.1) is 0 Å². The van der Waals surface area contributed by atoms with Crippen LogP contribution in [0.1, 0.15) is 19.3 Å². The van der Waals surface area contributed by atoms with Gasteiger partial charge in [-0.1, -0.05) is 0 Å². The normalized spacial score (nSPS) is 19.4. The van der Waals surface area contributed by atoms with Gasteiger partial charge in [-0.05, 0) is 31.4 Å². The molecule has 0 amide bonds. The first-order valence-corrected chi connectivity index (χ1v) is 7.09. The number of methoxy groups -OCH3 is 1. The fraction of sp³-hybridized carbons (Fsp3) is 0.533. The van der Waals surface area contributed by atoms with Crippen LogP contribution < -0.4 is 4.74 Å². The predicted molar refractivity (Wildman–Crippen MR) is 75.8 cm³/mol. The second-order valence-corrected chi connectivity index (χ2v) is 4.96. The lowest BCUT2D eigenvalue weighted by atomic mass is 10.2.